The van der Waals surface area contributed by atoms with Crippen LogP contribution in [0.25, 0.3) is 10.2 Å². The summed E-state index contributed by atoms with van der Waals surface area (Å²) < 4.78 is 6.43. The first-order valence-electron chi connectivity index (χ1n) is 28.8. The van der Waals surface area contributed by atoms with Crippen molar-refractivity contribution in [2.24, 2.45) is 57.7 Å². The Morgan fingerprint density at radius 2 is 1.60 bits per heavy atom. The van der Waals surface area contributed by atoms with Gasteiger partial charge < -0.3 is 35.4 Å². The topological polar surface area (TPSA) is 236 Å². The number of aromatic nitrogens is 1. The Labute approximate surface area is 465 Å². The van der Waals surface area contributed by atoms with Crippen LogP contribution in [0.1, 0.15) is 170 Å². The highest BCUT2D eigenvalue weighted by atomic mass is 32.1. The summed E-state index contributed by atoms with van der Waals surface area (Å²) in [5.74, 6) is 1.36. The maximum absolute atomic E-state index is 13.7. The summed E-state index contributed by atoms with van der Waals surface area (Å²) in [4.78, 5) is 99.4. The van der Waals surface area contributed by atoms with Crippen LogP contribution in [-0.4, -0.2) is 112 Å². The maximum Gasteiger partial charge on any atom is 0.415 e. The third kappa shape index (κ3) is 13.1. The number of carbonyl (C=O) groups is 7. The number of aliphatic hydroxyl groups is 1. The summed E-state index contributed by atoms with van der Waals surface area (Å²) in [7, 11) is 1.60. The highest BCUT2D eigenvalue weighted by molar-refractivity contribution is 7.19. The molecule has 426 valence electrons. The molecular formula is C61H86N6O10S. The molecule has 4 amide bonds. The van der Waals surface area contributed by atoms with Gasteiger partial charge in [-0.15, -0.1) is 11.3 Å². The second-order valence-electron chi connectivity index (χ2n) is 25.2. The first-order chi connectivity index (χ1) is 36.8. The van der Waals surface area contributed by atoms with Crippen molar-refractivity contribution in [3.63, 3.8) is 0 Å². The molecule has 0 aliphatic heterocycles. The number of ketones is 2. The minimum atomic E-state index is -1.10. The van der Waals surface area contributed by atoms with Crippen molar-refractivity contribution in [3.8, 4) is 11.8 Å². The second kappa shape index (κ2) is 24.9. The molecule has 11 atom stereocenters. The van der Waals surface area contributed by atoms with E-state index in [9.17, 15) is 49.0 Å². The normalized spacial score (nSPS) is 27.7. The van der Waals surface area contributed by atoms with E-state index < -0.39 is 23.5 Å². The Hall–Kier alpha value is -5.47. The number of carbonyl (C=O) groups excluding carboxylic acids is 6. The number of nitrogens with zero attached hydrogens (tertiary/aromatic N) is 4. The molecule has 17 heteroatoms. The minimum absolute atomic E-state index is 0.0529. The highest BCUT2D eigenvalue weighted by Gasteiger charge is 2.62. The van der Waals surface area contributed by atoms with Crippen LogP contribution in [0.3, 0.4) is 0 Å². The number of allylic oxidation sites excluding steroid dienone is 4. The maximum atomic E-state index is 13.7. The molecule has 1 aromatic heterocycles. The molecule has 5 aliphatic carbocycles. The second-order valence-corrected chi connectivity index (χ2v) is 26.3. The van der Waals surface area contributed by atoms with Crippen LogP contribution >= 0.6 is 11.3 Å². The van der Waals surface area contributed by atoms with Crippen molar-refractivity contribution in [3.05, 3.63) is 45.5 Å². The van der Waals surface area contributed by atoms with Gasteiger partial charge in [0.25, 0.3) is 0 Å². The molecular weight excluding hydrogens is 1010 g/mol. The SMILES string of the molecule is CC1=C(C)C(=O)C(C(C)(C)CC(=O)N(C)CCN(CCCC(=O)NCCCCC(NC(=O)CC[C@@H](C)[C@H]2CC[C@H]3[C@@H]4[C@@H](O)C[C@@H]5C[C@H](C)CC[C@]5(C)[C@H]4CC[C@]23C)C(=O)O)C(=O)Oc2ccc3nc(C#N)sc3c2)=C(C)C1=O. The van der Waals surface area contributed by atoms with Crippen LogP contribution in [0.4, 0.5) is 4.79 Å². The van der Waals surface area contributed by atoms with E-state index in [1.165, 1.54) is 41.9 Å². The molecule has 1 aromatic carbocycles. The van der Waals surface area contributed by atoms with Crippen LogP contribution in [0.5, 0.6) is 5.75 Å². The number of benzene rings is 1. The van der Waals surface area contributed by atoms with E-state index in [0.717, 1.165) is 36.5 Å². The van der Waals surface area contributed by atoms with Crippen LogP contribution in [0.15, 0.2) is 40.5 Å². The molecule has 4 saturated carbocycles. The van der Waals surface area contributed by atoms with Crippen molar-refractivity contribution in [1.82, 2.24) is 25.4 Å². The molecule has 2 aromatic rings. The number of amides is 4. The van der Waals surface area contributed by atoms with Gasteiger partial charge in [0.05, 0.1) is 16.3 Å². The summed E-state index contributed by atoms with van der Waals surface area (Å²) in [5.41, 5.74) is 1.49. The molecule has 0 saturated heterocycles. The quantitative estimate of drug-likeness (QED) is 0.0637. The number of thiazole rings is 1. The molecule has 0 bridgehead atoms. The smallest absolute Gasteiger partial charge is 0.415 e. The number of Topliss-reactive ketones (excluding diaryl/α,β-unsaturated/α-hetero) is 2. The number of carboxylic acid groups (broad SMARTS) is 1. The molecule has 1 unspecified atom stereocenters. The van der Waals surface area contributed by atoms with Gasteiger partial charge in [0.2, 0.25) is 17.7 Å². The summed E-state index contributed by atoms with van der Waals surface area (Å²) in [6.07, 6.45) is 10.7. The number of hydrogen-bond donors (Lipinski definition) is 4. The molecule has 4 fully saturated rings. The third-order valence-electron chi connectivity index (χ3n) is 19.7. The van der Waals surface area contributed by atoms with E-state index in [1.807, 2.05) is 6.07 Å². The largest absolute Gasteiger partial charge is 0.480 e. The lowest BCUT2D eigenvalue weighted by atomic mass is 9.43. The summed E-state index contributed by atoms with van der Waals surface area (Å²) >= 11 is 1.16. The number of aliphatic carboxylic acids is 1. The Bertz CT molecular complexity index is 2740. The summed E-state index contributed by atoms with van der Waals surface area (Å²) in [5, 5.41) is 37.0. The van der Waals surface area contributed by atoms with Gasteiger partial charge in [-0.25, -0.2) is 14.6 Å². The predicted molar refractivity (Wildman–Crippen MR) is 299 cm³/mol. The van der Waals surface area contributed by atoms with Crippen LogP contribution in [0, 0.1) is 69.0 Å². The zero-order chi connectivity index (χ0) is 57.0. The Balaban J connectivity index is 0.849. The van der Waals surface area contributed by atoms with Gasteiger partial charge in [-0.2, -0.15) is 5.26 Å². The van der Waals surface area contributed by atoms with Crippen molar-refractivity contribution >= 4 is 62.9 Å². The highest BCUT2D eigenvalue weighted by Crippen LogP contribution is 2.68. The monoisotopic (exact) mass is 1090 g/mol. The van der Waals surface area contributed by atoms with Gasteiger partial charge >= 0.3 is 12.1 Å². The average Bonchev–Trinajstić information content (AvgIpc) is 3.66. The number of aliphatic hydroxyl groups excluding tert-OH is 1. The molecule has 1 heterocycles. The van der Waals surface area contributed by atoms with Gasteiger partial charge in [0, 0.05) is 86.3 Å². The van der Waals surface area contributed by atoms with Crippen molar-refractivity contribution < 1.29 is 48.5 Å². The fraction of sp³-hybridized carbons (Fsp3) is 0.689. The number of nitriles is 1. The molecule has 0 spiro atoms. The van der Waals surface area contributed by atoms with Crippen LogP contribution in [0.2, 0.25) is 0 Å². The van der Waals surface area contributed by atoms with E-state index >= 15 is 0 Å². The molecule has 0 radical (unpaired) electrons. The fourth-order valence-electron chi connectivity index (χ4n) is 15.1. The number of hydrogen-bond acceptors (Lipinski definition) is 12. The average molecular weight is 1100 g/mol. The number of fused-ring (bicyclic) bond motifs is 6. The molecule has 7 rings (SSSR count). The van der Waals surface area contributed by atoms with E-state index in [2.05, 4.69) is 43.3 Å². The lowest BCUT2D eigenvalue weighted by Crippen LogP contribution is -2.58. The first kappa shape index (κ1) is 60.2. The molecule has 5 aliphatic rings. The van der Waals surface area contributed by atoms with Gasteiger partial charge in [0.15, 0.2) is 16.6 Å². The molecule has 4 N–H and O–H groups in total. The zero-order valence-electron chi connectivity index (χ0n) is 47.9. The van der Waals surface area contributed by atoms with E-state index in [4.69, 9.17) is 4.74 Å². The van der Waals surface area contributed by atoms with Crippen molar-refractivity contribution in [2.45, 2.75) is 177 Å². The number of likely N-dealkylation sites (N-methyl/N-ethyl adjacent to an activating group) is 1. The van der Waals surface area contributed by atoms with E-state index in [0.29, 0.717) is 99.2 Å². The van der Waals surface area contributed by atoms with E-state index in [-0.39, 0.29) is 103 Å². The first-order valence-corrected chi connectivity index (χ1v) is 29.6. The lowest BCUT2D eigenvalue weighted by molar-refractivity contribution is -0.168. The van der Waals surface area contributed by atoms with Gasteiger partial charge in [-0.3, -0.25) is 24.0 Å². The van der Waals surface area contributed by atoms with Crippen molar-refractivity contribution in [1.29, 1.82) is 5.26 Å². The molecule has 78 heavy (non-hydrogen) atoms. The Kier molecular flexibility index (Phi) is 19.2. The predicted octanol–water partition coefficient (Wildman–Crippen LogP) is 9.97. The number of nitrogens with one attached hydrogen (secondary N) is 2. The third-order valence-corrected chi connectivity index (χ3v) is 20.7. The van der Waals surface area contributed by atoms with Crippen molar-refractivity contribution in [2.75, 3.05) is 33.2 Å². The number of rotatable bonds is 22. The minimum Gasteiger partial charge on any atom is -0.480 e. The lowest BCUT2D eigenvalue weighted by Gasteiger charge is -2.62. The Morgan fingerprint density at radius 3 is 2.32 bits per heavy atom. The fourth-order valence-corrected chi connectivity index (χ4v) is 15.9. The Morgan fingerprint density at radius 1 is 0.897 bits per heavy atom. The summed E-state index contributed by atoms with van der Waals surface area (Å²) in [6.45, 7) is 18.6. The van der Waals surface area contributed by atoms with Gasteiger partial charge in [-0.05, 0) is 162 Å². The van der Waals surface area contributed by atoms with Gasteiger partial charge in [0.1, 0.15) is 17.9 Å². The van der Waals surface area contributed by atoms with Gasteiger partial charge in [-0.1, -0.05) is 48.0 Å². The summed E-state index contributed by atoms with van der Waals surface area (Å²) in [6, 6.07) is 5.83. The number of ether oxygens (including phenoxy) is 1. The number of carboxylic acids is 1. The van der Waals surface area contributed by atoms with Crippen LogP contribution < -0.4 is 15.4 Å². The standard InChI is InChI=1S/C61H86N6O10S/c1-35-22-24-60(8)40(30-35)31-47(68)53-43-19-18-42(61(43,9)25-23-44(53)60)36(2)16-21-50(70)64-46(57(74)75)14-11-12-26-63-49(69)15-13-27-67(58(76)77-41-17-20-45-48(32-41)78-51(34-62)65-45)29-28-66(10)52(71)33-59(6,7)54-39(5)55(72)37(3)38(4)56(54)73/h17,20,32,35-36,40,42-44,46-47,53,68H,11-16,18-19,21-31,33H2,1-10H3,(H,63,69)(H,64,70)(H,74,75)/t35-,36-,40+,42-,43+,44+,46?,47+,53+,60+,61-/m1/s1. The number of unbranched alkanes of at least 4 members (excludes halogenated alkanes) is 1. The van der Waals surface area contributed by atoms with E-state index in [1.54, 1.807) is 59.9 Å². The zero-order valence-corrected chi connectivity index (χ0v) is 48.7. The molecule has 16 nitrogen and oxygen atoms in total. The van der Waals surface area contributed by atoms with Crippen LogP contribution in [-0.2, 0) is 28.8 Å².